The summed E-state index contributed by atoms with van der Waals surface area (Å²) in [5.41, 5.74) is 2.28. The molecular formula is C23H16F2N4O2. The molecule has 2 amide bonds. The van der Waals surface area contributed by atoms with Crippen LogP contribution in [-0.2, 0) is 6.42 Å². The van der Waals surface area contributed by atoms with E-state index in [1.807, 2.05) is 30.3 Å². The number of carbonyl (C=O) groups is 2. The van der Waals surface area contributed by atoms with Crippen molar-refractivity contribution in [1.29, 1.82) is 0 Å². The standard InChI is InChI=1S/C23H16F2N4O2/c1-13-19-20-18(22(30)28(23(20)31)8-7-14-5-3-2-4-6-14)12-26-21(19)29(27-13)17-10-15(24)9-16(25)11-17/h2-6,9-12H,7-8H2,1H3. The number of fused-ring (bicyclic) bond motifs is 3. The number of carbonyl (C=O) groups excluding carboxylic acids is 2. The fraction of sp³-hybridized carbons (Fsp3) is 0.130. The largest absolute Gasteiger partial charge is 0.274 e. The Bertz CT molecular complexity index is 1350. The van der Waals surface area contributed by atoms with E-state index in [2.05, 4.69) is 10.1 Å². The van der Waals surface area contributed by atoms with Gasteiger partial charge in [0.1, 0.15) is 11.6 Å². The number of pyridine rings is 1. The topological polar surface area (TPSA) is 68.1 Å². The summed E-state index contributed by atoms with van der Waals surface area (Å²) in [5, 5.41) is 4.74. The quantitative estimate of drug-likeness (QED) is 0.472. The maximum Gasteiger partial charge on any atom is 0.263 e. The highest BCUT2D eigenvalue weighted by molar-refractivity contribution is 6.26. The molecular weight excluding hydrogens is 402 g/mol. The van der Waals surface area contributed by atoms with Crippen molar-refractivity contribution in [2.45, 2.75) is 13.3 Å². The highest BCUT2D eigenvalue weighted by atomic mass is 19.1. The molecule has 0 unspecified atom stereocenters. The second kappa shape index (κ2) is 7.09. The highest BCUT2D eigenvalue weighted by Gasteiger charge is 2.38. The summed E-state index contributed by atoms with van der Waals surface area (Å²) < 4.78 is 28.7. The zero-order valence-corrected chi connectivity index (χ0v) is 16.5. The molecule has 1 aliphatic heterocycles. The maximum atomic E-state index is 13.7. The molecule has 0 fully saturated rings. The van der Waals surface area contributed by atoms with Crippen LogP contribution in [0.1, 0.15) is 32.0 Å². The SMILES string of the molecule is Cc1nn(-c2cc(F)cc(F)c2)c2ncc3c(c12)C(=O)N(CCc1ccccc1)C3=O. The normalized spacial score (nSPS) is 13.3. The van der Waals surface area contributed by atoms with Gasteiger partial charge in [0.2, 0.25) is 0 Å². The lowest BCUT2D eigenvalue weighted by molar-refractivity contribution is 0.0656. The Morgan fingerprint density at radius 2 is 1.68 bits per heavy atom. The monoisotopic (exact) mass is 418 g/mol. The molecule has 0 bridgehead atoms. The Morgan fingerprint density at radius 1 is 0.968 bits per heavy atom. The van der Waals surface area contributed by atoms with Gasteiger partial charge in [-0.25, -0.2) is 18.4 Å². The van der Waals surface area contributed by atoms with E-state index >= 15 is 0 Å². The van der Waals surface area contributed by atoms with Crippen molar-refractivity contribution in [2.75, 3.05) is 6.54 Å². The third-order valence-electron chi connectivity index (χ3n) is 5.36. The van der Waals surface area contributed by atoms with Gasteiger partial charge in [-0.3, -0.25) is 14.5 Å². The van der Waals surface area contributed by atoms with Crippen molar-refractivity contribution >= 4 is 22.8 Å². The summed E-state index contributed by atoms with van der Waals surface area (Å²) in [4.78, 5) is 31.6. The van der Waals surface area contributed by atoms with Gasteiger partial charge in [-0.2, -0.15) is 5.10 Å². The van der Waals surface area contributed by atoms with Crippen LogP contribution in [0.25, 0.3) is 16.7 Å². The number of nitrogens with zero attached hydrogens (tertiary/aromatic N) is 4. The number of hydrogen-bond donors (Lipinski definition) is 0. The van der Waals surface area contributed by atoms with Crippen LogP contribution in [-0.4, -0.2) is 38.0 Å². The summed E-state index contributed by atoms with van der Waals surface area (Å²) in [7, 11) is 0. The van der Waals surface area contributed by atoms with Crippen LogP contribution in [0.5, 0.6) is 0 Å². The lowest BCUT2D eigenvalue weighted by Crippen LogP contribution is -2.31. The van der Waals surface area contributed by atoms with Crippen molar-refractivity contribution in [1.82, 2.24) is 19.7 Å². The minimum absolute atomic E-state index is 0.140. The van der Waals surface area contributed by atoms with E-state index in [4.69, 9.17) is 0 Å². The molecule has 2 aromatic carbocycles. The Morgan fingerprint density at radius 3 is 2.39 bits per heavy atom. The average molecular weight is 418 g/mol. The highest BCUT2D eigenvalue weighted by Crippen LogP contribution is 2.32. The van der Waals surface area contributed by atoms with E-state index in [0.29, 0.717) is 17.5 Å². The number of hydrogen-bond acceptors (Lipinski definition) is 4. The molecule has 0 saturated heterocycles. The van der Waals surface area contributed by atoms with Gasteiger partial charge in [0.05, 0.1) is 27.9 Å². The molecule has 31 heavy (non-hydrogen) atoms. The van der Waals surface area contributed by atoms with Gasteiger partial charge in [-0.05, 0) is 31.0 Å². The van der Waals surface area contributed by atoms with Gasteiger partial charge in [0, 0.05) is 18.8 Å². The third kappa shape index (κ3) is 3.07. The first kappa shape index (κ1) is 19.0. The molecule has 3 heterocycles. The second-order valence-corrected chi connectivity index (χ2v) is 7.37. The molecule has 4 aromatic rings. The van der Waals surface area contributed by atoms with Crippen LogP contribution in [0.4, 0.5) is 8.78 Å². The summed E-state index contributed by atoms with van der Waals surface area (Å²) in [6.45, 7) is 1.90. The van der Waals surface area contributed by atoms with E-state index in [-0.39, 0.29) is 29.0 Å². The minimum Gasteiger partial charge on any atom is -0.274 e. The predicted octanol–water partition coefficient (Wildman–Crippen LogP) is 3.85. The number of benzene rings is 2. The molecule has 5 rings (SSSR count). The Balaban J connectivity index is 1.57. The first-order valence-corrected chi connectivity index (χ1v) is 9.69. The van der Waals surface area contributed by atoms with E-state index < -0.39 is 23.4 Å². The molecule has 0 spiro atoms. The first-order valence-electron chi connectivity index (χ1n) is 9.69. The molecule has 2 aromatic heterocycles. The number of imide groups is 1. The van der Waals surface area contributed by atoms with Gasteiger partial charge < -0.3 is 0 Å². The summed E-state index contributed by atoms with van der Waals surface area (Å²) >= 11 is 0. The number of aryl methyl sites for hydroxylation is 1. The molecule has 8 heteroatoms. The third-order valence-corrected chi connectivity index (χ3v) is 5.36. The number of aromatic nitrogens is 3. The van der Waals surface area contributed by atoms with Gasteiger partial charge in [0.15, 0.2) is 5.65 Å². The molecule has 6 nitrogen and oxygen atoms in total. The van der Waals surface area contributed by atoms with Gasteiger partial charge in [-0.1, -0.05) is 30.3 Å². The molecule has 1 aliphatic rings. The Kier molecular flexibility index (Phi) is 4.35. The van der Waals surface area contributed by atoms with Crippen molar-refractivity contribution in [2.24, 2.45) is 0 Å². The molecule has 0 saturated carbocycles. The average Bonchev–Trinajstić information content (AvgIpc) is 3.21. The molecule has 0 aliphatic carbocycles. The van der Waals surface area contributed by atoms with E-state index in [1.54, 1.807) is 6.92 Å². The lowest BCUT2D eigenvalue weighted by atomic mass is 10.1. The van der Waals surface area contributed by atoms with E-state index in [0.717, 1.165) is 23.8 Å². The zero-order chi connectivity index (χ0) is 21.7. The van der Waals surface area contributed by atoms with E-state index in [1.165, 1.54) is 15.8 Å². The van der Waals surface area contributed by atoms with Crippen molar-refractivity contribution in [3.8, 4) is 5.69 Å². The van der Waals surface area contributed by atoms with Gasteiger partial charge in [0.25, 0.3) is 11.8 Å². The number of halogens is 2. The molecule has 154 valence electrons. The zero-order valence-electron chi connectivity index (χ0n) is 16.5. The van der Waals surface area contributed by atoms with Crippen LogP contribution in [0.3, 0.4) is 0 Å². The van der Waals surface area contributed by atoms with Gasteiger partial charge in [-0.15, -0.1) is 0 Å². The van der Waals surface area contributed by atoms with Crippen molar-refractivity contribution in [3.05, 3.63) is 88.7 Å². The number of rotatable bonds is 4. The predicted molar refractivity (Wildman–Crippen MR) is 109 cm³/mol. The fourth-order valence-corrected chi connectivity index (χ4v) is 3.94. The second-order valence-electron chi connectivity index (χ2n) is 7.37. The van der Waals surface area contributed by atoms with Crippen LogP contribution in [0.15, 0.2) is 54.7 Å². The van der Waals surface area contributed by atoms with Crippen LogP contribution in [0.2, 0.25) is 0 Å². The summed E-state index contributed by atoms with van der Waals surface area (Å²) in [5.74, 6) is -2.34. The molecule has 0 radical (unpaired) electrons. The summed E-state index contributed by atoms with van der Waals surface area (Å²) in [6.07, 6.45) is 1.86. The summed E-state index contributed by atoms with van der Waals surface area (Å²) in [6, 6.07) is 12.6. The fourth-order valence-electron chi connectivity index (χ4n) is 3.94. The minimum atomic E-state index is -0.754. The Labute approximate surface area is 175 Å². The molecule has 0 atom stereocenters. The maximum absolute atomic E-state index is 13.7. The number of amides is 2. The Hall–Kier alpha value is -3.94. The van der Waals surface area contributed by atoms with E-state index in [9.17, 15) is 18.4 Å². The first-order chi connectivity index (χ1) is 14.9. The smallest absolute Gasteiger partial charge is 0.263 e. The lowest BCUT2D eigenvalue weighted by Gasteiger charge is -2.13. The van der Waals surface area contributed by atoms with Crippen LogP contribution < -0.4 is 0 Å². The van der Waals surface area contributed by atoms with Crippen molar-refractivity contribution in [3.63, 3.8) is 0 Å². The molecule has 0 N–H and O–H groups in total. The van der Waals surface area contributed by atoms with Crippen LogP contribution >= 0.6 is 0 Å². The van der Waals surface area contributed by atoms with Gasteiger partial charge >= 0.3 is 0 Å². The van der Waals surface area contributed by atoms with Crippen LogP contribution in [0, 0.1) is 18.6 Å². The van der Waals surface area contributed by atoms with Crippen molar-refractivity contribution < 1.29 is 18.4 Å².